The van der Waals surface area contributed by atoms with Crippen molar-refractivity contribution in [2.75, 3.05) is 6.79 Å². The fourth-order valence-corrected chi connectivity index (χ4v) is 3.76. The minimum Gasteiger partial charge on any atom is -0.454 e. The summed E-state index contributed by atoms with van der Waals surface area (Å²) < 4.78 is 12.8. The van der Waals surface area contributed by atoms with Crippen LogP contribution in [0.2, 0.25) is 0 Å². The number of carbonyl (C=O) groups excluding carboxylic acids is 1. The van der Waals surface area contributed by atoms with E-state index in [-0.39, 0.29) is 18.5 Å². The number of hydrogen-bond acceptors (Lipinski definition) is 3. The Balaban J connectivity index is 1.44. The Morgan fingerprint density at radius 2 is 1.96 bits per heavy atom. The largest absolute Gasteiger partial charge is 0.454 e. The van der Waals surface area contributed by atoms with Gasteiger partial charge in [-0.3, -0.25) is 4.79 Å². The molecule has 2 aromatic carbocycles. The SMILES string of the molecule is Cn1cc(C2CC2C(=O)c2ccc3c(c2)OCO3)c2ccccc21. The third-order valence-electron chi connectivity index (χ3n) is 5.11. The molecule has 1 fully saturated rings. The van der Waals surface area contributed by atoms with Gasteiger partial charge in [-0.05, 0) is 42.2 Å². The van der Waals surface area contributed by atoms with E-state index in [0.29, 0.717) is 23.0 Å². The third kappa shape index (κ3) is 1.96. The van der Waals surface area contributed by atoms with Crippen molar-refractivity contribution in [3.63, 3.8) is 0 Å². The molecular formula is C20H17NO3. The zero-order valence-corrected chi connectivity index (χ0v) is 13.4. The molecule has 2 heterocycles. The molecule has 0 saturated heterocycles. The summed E-state index contributed by atoms with van der Waals surface area (Å²) in [6.07, 6.45) is 3.09. The lowest BCUT2D eigenvalue weighted by molar-refractivity contribution is 0.0965. The van der Waals surface area contributed by atoms with E-state index in [1.807, 2.05) is 24.3 Å². The van der Waals surface area contributed by atoms with Crippen LogP contribution in [-0.2, 0) is 7.05 Å². The molecule has 3 aromatic rings. The van der Waals surface area contributed by atoms with Crippen molar-refractivity contribution < 1.29 is 14.3 Å². The number of carbonyl (C=O) groups is 1. The van der Waals surface area contributed by atoms with E-state index in [2.05, 4.69) is 36.0 Å². The Morgan fingerprint density at radius 3 is 2.88 bits per heavy atom. The molecule has 0 amide bonds. The molecule has 1 saturated carbocycles. The topological polar surface area (TPSA) is 40.5 Å². The molecule has 4 heteroatoms. The van der Waals surface area contributed by atoms with Gasteiger partial charge in [0.25, 0.3) is 0 Å². The highest BCUT2D eigenvalue weighted by atomic mass is 16.7. The van der Waals surface area contributed by atoms with Crippen LogP contribution in [0, 0.1) is 5.92 Å². The van der Waals surface area contributed by atoms with Crippen molar-refractivity contribution in [3.8, 4) is 11.5 Å². The molecule has 1 aromatic heterocycles. The monoisotopic (exact) mass is 319 g/mol. The first kappa shape index (κ1) is 13.7. The summed E-state index contributed by atoms with van der Waals surface area (Å²) in [5, 5.41) is 1.26. The first-order valence-electron chi connectivity index (χ1n) is 8.20. The predicted molar refractivity (Wildman–Crippen MR) is 90.7 cm³/mol. The van der Waals surface area contributed by atoms with Gasteiger partial charge in [0.15, 0.2) is 17.3 Å². The highest BCUT2D eigenvalue weighted by Crippen LogP contribution is 2.51. The number of Topliss-reactive ketones (excluding diaryl/α,β-unsaturated/α-hetero) is 1. The van der Waals surface area contributed by atoms with Crippen molar-refractivity contribution >= 4 is 16.7 Å². The fraction of sp³-hybridized carbons (Fsp3) is 0.250. The molecule has 0 bridgehead atoms. The quantitative estimate of drug-likeness (QED) is 0.688. The van der Waals surface area contributed by atoms with Crippen LogP contribution in [0.5, 0.6) is 11.5 Å². The molecule has 1 aliphatic heterocycles. The van der Waals surface area contributed by atoms with E-state index in [1.54, 1.807) is 0 Å². The van der Waals surface area contributed by atoms with Crippen LogP contribution < -0.4 is 9.47 Å². The van der Waals surface area contributed by atoms with E-state index < -0.39 is 0 Å². The molecule has 0 radical (unpaired) electrons. The van der Waals surface area contributed by atoms with Gasteiger partial charge < -0.3 is 14.0 Å². The maximum absolute atomic E-state index is 12.8. The van der Waals surface area contributed by atoms with Crippen LogP contribution in [0.1, 0.15) is 28.3 Å². The van der Waals surface area contributed by atoms with E-state index in [9.17, 15) is 4.79 Å². The summed E-state index contributed by atoms with van der Waals surface area (Å²) >= 11 is 0. The molecule has 5 rings (SSSR count). The lowest BCUT2D eigenvalue weighted by Gasteiger charge is -2.02. The third-order valence-corrected chi connectivity index (χ3v) is 5.11. The molecular weight excluding hydrogens is 302 g/mol. The minimum atomic E-state index is 0.0659. The molecule has 4 nitrogen and oxygen atoms in total. The van der Waals surface area contributed by atoms with Crippen LogP contribution in [0.4, 0.5) is 0 Å². The van der Waals surface area contributed by atoms with Crippen molar-refractivity contribution in [1.29, 1.82) is 0 Å². The van der Waals surface area contributed by atoms with E-state index in [0.717, 1.165) is 6.42 Å². The Labute approximate surface area is 139 Å². The summed E-state index contributed by atoms with van der Waals surface area (Å²) in [6, 6.07) is 13.8. The number of hydrogen-bond donors (Lipinski definition) is 0. The summed E-state index contributed by atoms with van der Waals surface area (Å²) in [5.41, 5.74) is 3.22. The molecule has 2 atom stereocenters. The van der Waals surface area contributed by atoms with Crippen molar-refractivity contribution in [1.82, 2.24) is 4.57 Å². The number of ketones is 1. The van der Waals surface area contributed by atoms with Crippen molar-refractivity contribution in [2.24, 2.45) is 13.0 Å². The zero-order chi connectivity index (χ0) is 16.3. The summed E-state index contributed by atoms with van der Waals surface area (Å²) in [4.78, 5) is 12.8. The first-order valence-corrected chi connectivity index (χ1v) is 8.20. The summed E-state index contributed by atoms with van der Waals surface area (Å²) in [5.74, 6) is 1.97. The first-order chi connectivity index (χ1) is 11.7. The second-order valence-electron chi connectivity index (χ2n) is 6.59. The Morgan fingerprint density at radius 1 is 1.12 bits per heavy atom. The smallest absolute Gasteiger partial charge is 0.231 e. The number of rotatable bonds is 3. The standard InChI is InChI=1S/C20H17NO3/c1-21-10-16(13-4-2-3-5-17(13)21)14-9-15(14)20(22)12-6-7-18-19(8-12)24-11-23-18/h2-8,10,14-15H,9,11H2,1H3. The van der Waals surface area contributed by atoms with Crippen LogP contribution in [0.25, 0.3) is 10.9 Å². The number of ether oxygens (including phenoxy) is 2. The fourth-order valence-electron chi connectivity index (χ4n) is 3.76. The number of aromatic nitrogens is 1. The predicted octanol–water partition coefficient (Wildman–Crippen LogP) is 3.89. The second kappa shape index (κ2) is 4.87. The molecule has 24 heavy (non-hydrogen) atoms. The maximum atomic E-state index is 12.8. The van der Waals surface area contributed by atoms with Gasteiger partial charge in [0.1, 0.15) is 0 Å². The second-order valence-corrected chi connectivity index (χ2v) is 6.59. The van der Waals surface area contributed by atoms with Gasteiger partial charge in [0.05, 0.1) is 0 Å². The van der Waals surface area contributed by atoms with E-state index in [1.165, 1.54) is 16.5 Å². The molecule has 0 N–H and O–H groups in total. The minimum absolute atomic E-state index is 0.0659. The Bertz CT molecular complexity index is 972. The average Bonchev–Trinajstić information content (AvgIpc) is 3.13. The summed E-state index contributed by atoms with van der Waals surface area (Å²) in [7, 11) is 2.06. The van der Waals surface area contributed by atoms with Gasteiger partial charge in [-0.2, -0.15) is 0 Å². The number of benzene rings is 2. The Kier molecular flexibility index (Phi) is 2.77. The van der Waals surface area contributed by atoms with Gasteiger partial charge in [-0.15, -0.1) is 0 Å². The van der Waals surface area contributed by atoms with E-state index >= 15 is 0 Å². The number of fused-ring (bicyclic) bond motifs is 2. The average molecular weight is 319 g/mol. The molecule has 120 valence electrons. The number of nitrogens with zero attached hydrogens (tertiary/aromatic N) is 1. The maximum Gasteiger partial charge on any atom is 0.231 e. The van der Waals surface area contributed by atoms with Gasteiger partial charge >= 0.3 is 0 Å². The molecule has 0 spiro atoms. The highest BCUT2D eigenvalue weighted by Gasteiger charge is 2.45. The van der Waals surface area contributed by atoms with Crippen molar-refractivity contribution in [3.05, 3.63) is 59.8 Å². The zero-order valence-electron chi connectivity index (χ0n) is 13.4. The van der Waals surface area contributed by atoms with Gasteiger partial charge in [-0.1, -0.05) is 18.2 Å². The lowest BCUT2D eigenvalue weighted by Crippen LogP contribution is -2.03. The van der Waals surface area contributed by atoms with Crippen LogP contribution in [-0.4, -0.2) is 17.1 Å². The normalized spacial score (nSPS) is 21.2. The highest BCUT2D eigenvalue weighted by molar-refractivity contribution is 6.01. The lowest BCUT2D eigenvalue weighted by atomic mass is 10.0. The Hall–Kier alpha value is -2.75. The number of para-hydroxylation sites is 1. The molecule has 1 aliphatic carbocycles. The van der Waals surface area contributed by atoms with Gasteiger partial charge in [0, 0.05) is 35.6 Å². The van der Waals surface area contributed by atoms with Crippen molar-refractivity contribution in [2.45, 2.75) is 12.3 Å². The van der Waals surface area contributed by atoms with Gasteiger partial charge in [0.2, 0.25) is 6.79 Å². The molecule has 2 aliphatic rings. The molecule has 2 unspecified atom stereocenters. The van der Waals surface area contributed by atoms with Crippen LogP contribution in [0.3, 0.4) is 0 Å². The van der Waals surface area contributed by atoms with Crippen LogP contribution in [0.15, 0.2) is 48.7 Å². The van der Waals surface area contributed by atoms with Crippen LogP contribution >= 0.6 is 0 Å². The van der Waals surface area contributed by atoms with Gasteiger partial charge in [-0.25, -0.2) is 0 Å². The summed E-state index contributed by atoms with van der Waals surface area (Å²) in [6.45, 7) is 0.231. The van der Waals surface area contributed by atoms with E-state index in [4.69, 9.17) is 9.47 Å². The number of aryl methyl sites for hydroxylation is 1.